The number of rotatable bonds is 2. The maximum absolute atomic E-state index is 13.4. The van der Waals surface area contributed by atoms with Crippen LogP contribution in [0.3, 0.4) is 0 Å². The van der Waals surface area contributed by atoms with E-state index in [9.17, 15) is 17.6 Å². The van der Waals surface area contributed by atoms with Gasteiger partial charge in [-0.2, -0.15) is 3.97 Å². The normalized spacial score (nSPS) is 12.0. The van der Waals surface area contributed by atoms with Gasteiger partial charge in [-0.05, 0) is 55.3 Å². The van der Waals surface area contributed by atoms with Crippen molar-refractivity contribution >= 4 is 26.7 Å². The van der Waals surface area contributed by atoms with Crippen LogP contribution >= 0.6 is 0 Å². The molecule has 0 fully saturated rings. The fourth-order valence-electron chi connectivity index (χ4n) is 2.38. The number of aromatic nitrogens is 2. The van der Waals surface area contributed by atoms with Crippen molar-refractivity contribution < 1.29 is 12.8 Å². The van der Waals surface area contributed by atoms with E-state index >= 15 is 0 Å². The van der Waals surface area contributed by atoms with Crippen LogP contribution in [0.2, 0.25) is 0 Å². The molecule has 2 aromatic carbocycles. The van der Waals surface area contributed by atoms with Gasteiger partial charge in [-0.3, -0.25) is 0 Å². The molecule has 3 rings (SSSR count). The van der Waals surface area contributed by atoms with Gasteiger partial charge in [-0.15, -0.1) is 0 Å². The fourth-order valence-corrected chi connectivity index (χ4v) is 3.83. The Hall–Kier alpha value is -2.61. The minimum Gasteiger partial charge on any atom is -0.398 e. The van der Waals surface area contributed by atoms with E-state index in [2.05, 4.69) is 4.98 Å². The van der Waals surface area contributed by atoms with E-state index in [1.807, 2.05) is 0 Å². The van der Waals surface area contributed by atoms with Crippen LogP contribution in [0.15, 0.2) is 40.0 Å². The second-order valence-corrected chi connectivity index (χ2v) is 7.12. The number of hydrogen-bond acceptors (Lipinski definition) is 4. The summed E-state index contributed by atoms with van der Waals surface area (Å²) in [5.41, 5.74) is 6.80. The van der Waals surface area contributed by atoms with Crippen LogP contribution in [0.25, 0.3) is 11.0 Å². The summed E-state index contributed by atoms with van der Waals surface area (Å²) in [5.74, 6) is -0.518. The monoisotopic (exact) mass is 335 g/mol. The Labute approximate surface area is 131 Å². The number of nitrogens with zero attached hydrogens (tertiary/aromatic N) is 1. The number of nitrogen functional groups attached to an aromatic ring is 1. The van der Waals surface area contributed by atoms with Gasteiger partial charge in [0, 0.05) is 5.69 Å². The summed E-state index contributed by atoms with van der Waals surface area (Å²) in [6.07, 6.45) is 0. The molecule has 3 aromatic rings. The summed E-state index contributed by atoms with van der Waals surface area (Å²) in [7, 11) is -4.17. The van der Waals surface area contributed by atoms with Gasteiger partial charge in [-0.25, -0.2) is 17.6 Å². The SMILES string of the molecule is Cc1cc2[nH]c(=O)n(S(=O)(=O)c3ccc(F)c(C)c3)c2cc1N. The van der Waals surface area contributed by atoms with Crippen molar-refractivity contribution in [2.45, 2.75) is 18.7 Å². The number of nitrogens with two attached hydrogens (primary N) is 1. The van der Waals surface area contributed by atoms with Crippen LogP contribution in [-0.2, 0) is 10.0 Å². The van der Waals surface area contributed by atoms with E-state index in [1.54, 1.807) is 13.0 Å². The number of benzene rings is 2. The Morgan fingerprint density at radius 3 is 2.48 bits per heavy atom. The molecular weight excluding hydrogens is 321 g/mol. The summed E-state index contributed by atoms with van der Waals surface area (Å²) in [6, 6.07) is 6.40. The lowest BCUT2D eigenvalue weighted by Crippen LogP contribution is -2.25. The van der Waals surface area contributed by atoms with Crippen molar-refractivity contribution in [3.63, 3.8) is 0 Å². The average Bonchev–Trinajstić information content (AvgIpc) is 2.78. The number of halogens is 1. The number of anilines is 1. The topological polar surface area (TPSA) is 98.0 Å². The van der Waals surface area contributed by atoms with Crippen LogP contribution in [0, 0.1) is 19.7 Å². The fraction of sp³-hybridized carbons (Fsp3) is 0.133. The van der Waals surface area contributed by atoms with Crippen LogP contribution in [0.4, 0.5) is 10.1 Å². The second-order valence-electron chi connectivity index (χ2n) is 5.34. The van der Waals surface area contributed by atoms with Crippen LogP contribution in [0.5, 0.6) is 0 Å². The van der Waals surface area contributed by atoms with Gasteiger partial charge >= 0.3 is 5.69 Å². The molecule has 0 amide bonds. The molecular formula is C15H14FN3O3S. The number of imidazole rings is 1. The number of hydrogen-bond donors (Lipinski definition) is 2. The first-order valence-electron chi connectivity index (χ1n) is 6.74. The summed E-state index contributed by atoms with van der Waals surface area (Å²) < 4.78 is 39.6. The van der Waals surface area contributed by atoms with Gasteiger partial charge in [0.05, 0.1) is 15.9 Å². The predicted molar refractivity (Wildman–Crippen MR) is 85.4 cm³/mol. The van der Waals surface area contributed by atoms with Gasteiger partial charge < -0.3 is 10.7 Å². The van der Waals surface area contributed by atoms with E-state index in [0.29, 0.717) is 15.2 Å². The number of nitrogens with one attached hydrogen (secondary N) is 1. The predicted octanol–water partition coefficient (Wildman–Crippen LogP) is 1.90. The lowest BCUT2D eigenvalue weighted by molar-refractivity contribution is 0.585. The zero-order valence-electron chi connectivity index (χ0n) is 12.4. The summed E-state index contributed by atoms with van der Waals surface area (Å²) in [6.45, 7) is 3.20. The Bertz CT molecular complexity index is 1100. The molecule has 0 bridgehead atoms. The molecule has 0 spiro atoms. The highest BCUT2D eigenvalue weighted by Gasteiger charge is 2.23. The molecule has 1 aromatic heterocycles. The summed E-state index contributed by atoms with van der Waals surface area (Å²) in [4.78, 5) is 14.5. The molecule has 0 aliphatic carbocycles. The lowest BCUT2D eigenvalue weighted by Gasteiger charge is -2.08. The third-order valence-electron chi connectivity index (χ3n) is 3.70. The molecule has 0 unspecified atom stereocenters. The Morgan fingerprint density at radius 1 is 1.13 bits per heavy atom. The maximum Gasteiger partial charge on any atom is 0.340 e. The number of aryl methyl sites for hydroxylation is 2. The number of H-pyrrole nitrogens is 1. The van der Waals surface area contributed by atoms with Gasteiger partial charge in [0.15, 0.2) is 0 Å². The Morgan fingerprint density at radius 2 is 1.83 bits per heavy atom. The smallest absolute Gasteiger partial charge is 0.340 e. The van der Waals surface area contributed by atoms with E-state index in [-0.39, 0.29) is 16.0 Å². The zero-order chi connectivity index (χ0) is 16.9. The average molecular weight is 335 g/mol. The van der Waals surface area contributed by atoms with Gasteiger partial charge in [0.2, 0.25) is 0 Å². The lowest BCUT2D eigenvalue weighted by atomic mass is 10.2. The van der Waals surface area contributed by atoms with Gasteiger partial charge in [-0.1, -0.05) is 0 Å². The highest BCUT2D eigenvalue weighted by atomic mass is 32.2. The molecule has 0 atom stereocenters. The molecule has 0 aliphatic heterocycles. The molecule has 6 nitrogen and oxygen atoms in total. The van der Waals surface area contributed by atoms with Crippen molar-refractivity contribution in [1.29, 1.82) is 0 Å². The molecule has 23 heavy (non-hydrogen) atoms. The first-order chi connectivity index (χ1) is 10.7. The highest BCUT2D eigenvalue weighted by Crippen LogP contribution is 2.23. The third kappa shape index (κ3) is 2.31. The summed E-state index contributed by atoms with van der Waals surface area (Å²) >= 11 is 0. The van der Waals surface area contributed by atoms with Crippen molar-refractivity contribution in [2.75, 3.05) is 5.73 Å². The third-order valence-corrected chi connectivity index (χ3v) is 5.39. The van der Waals surface area contributed by atoms with E-state index < -0.39 is 21.5 Å². The van der Waals surface area contributed by atoms with Crippen molar-refractivity contribution in [1.82, 2.24) is 8.96 Å². The molecule has 0 saturated heterocycles. The minimum atomic E-state index is -4.17. The molecule has 120 valence electrons. The van der Waals surface area contributed by atoms with Crippen molar-refractivity contribution in [3.8, 4) is 0 Å². The molecule has 0 radical (unpaired) electrons. The standard InChI is InChI=1S/C15H14FN3O3S/c1-8-5-10(3-4-11(8)16)23(21,22)19-14-7-12(17)9(2)6-13(14)18-15(19)20/h3-7H,17H2,1-2H3,(H,18,20). The highest BCUT2D eigenvalue weighted by molar-refractivity contribution is 7.90. The number of fused-ring (bicyclic) bond motifs is 1. The van der Waals surface area contributed by atoms with Gasteiger partial charge in [0.25, 0.3) is 10.0 Å². The van der Waals surface area contributed by atoms with Crippen LogP contribution in [-0.4, -0.2) is 17.4 Å². The molecule has 8 heteroatoms. The van der Waals surface area contributed by atoms with Crippen molar-refractivity contribution in [3.05, 3.63) is 57.8 Å². The van der Waals surface area contributed by atoms with E-state index in [0.717, 1.165) is 17.7 Å². The Balaban J connectivity index is 2.34. The minimum absolute atomic E-state index is 0.153. The van der Waals surface area contributed by atoms with E-state index in [4.69, 9.17) is 5.73 Å². The molecule has 0 saturated carbocycles. The second kappa shape index (κ2) is 4.95. The Kier molecular flexibility index (Phi) is 3.29. The molecule has 0 aliphatic rings. The van der Waals surface area contributed by atoms with Crippen molar-refractivity contribution in [2.24, 2.45) is 0 Å². The first kappa shape index (κ1) is 15.3. The summed E-state index contributed by atoms with van der Waals surface area (Å²) in [5, 5.41) is 0. The van der Waals surface area contributed by atoms with Crippen LogP contribution in [0.1, 0.15) is 11.1 Å². The van der Waals surface area contributed by atoms with E-state index in [1.165, 1.54) is 19.1 Å². The largest absolute Gasteiger partial charge is 0.398 e. The first-order valence-corrected chi connectivity index (χ1v) is 8.18. The number of aromatic amines is 1. The maximum atomic E-state index is 13.4. The molecule has 1 heterocycles. The van der Waals surface area contributed by atoms with Crippen LogP contribution < -0.4 is 11.4 Å². The molecule has 3 N–H and O–H groups in total. The quantitative estimate of drug-likeness (QED) is 0.699. The van der Waals surface area contributed by atoms with Gasteiger partial charge in [0.1, 0.15) is 5.82 Å². The zero-order valence-corrected chi connectivity index (χ0v) is 13.2.